The SMILES string of the molecule is c1ccc(-c2ccc(N(c3ccc(-c4ccc(C56CC7CC8C[C@@H](C5)C87C6)cc4)cc3)c3ccc(-c4cccc(-n5c6ccccc6c6ccccc65)c4)cc3)cc2)cc1. The minimum Gasteiger partial charge on any atom is -0.311 e. The molecule has 60 heavy (non-hydrogen) atoms. The summed E-state index contributed by atoms with van der Waals surface area (Å²) in [5.74, 6) is 3.09. The zero-order chi connectivity index (χ0) is 39.4. The second kappa shape index (κ2) is 12.9. The second-order valence-electron chi connectivity index (χ2n) is 18.4. The van der Waals surface area contributed by atoms with Crippen LogP contribution in [0, 0.1) is 23.2 Å². The summed E-state index contributed by atoms with van der Waals surface area (Å²) in [7, 11) is 0. The van der Waals surface area contributed by atoms with E-state index >= 15 is 0 Å². The number of benzene rings is 8. The van der Waals surface area contributed by atoms with E-state index in [0.29, 0.717) is 5.41 Å². The lowest BCUT2D eigenvalue weighted by Crippen LogP contribution is -2.59. The molecule has 1 spiro atoms. The van der Waals surface area contributed by atoms with Gasteiger partial charge < -0.3 is 9.47 Å². The first-order valence-corrected chi connectivity index (χ1v) is 22.0. The molecule has 2 nitrogen and oxygen atoms in total. The van der Waals surface area contributed by atoms with Gasteiger partial charge in [-0.05, 0) is 160 Å². The van der Waals surface area contributed by atoms with E-state index < -0.39 is 0 Å². The van der Waals surface area contributed by atoms with Crippen molar-refractivity contribution in [1.82, 2.24) is 4.57 Å². The van der Waals surface area contributed by atoms with Crippen molar-refractivity contribution in [2.75, 3.05) is 4.90 Å². The highest BCUT2D eigenvalue weighted by Gasteiger charge is 2.77. The second-order valence-corrected chi connectivity index (χ2v) is 18.4. The van der Waals surface area contributed by atoms with Gasteiger partial charge in [-0.2, -0.15) is 0 Å². The average Bonchev–Trinajstić information content (AvgIpc) is 3.94. The van der Waals surface area contributed by atoms with E-state index in [0.717, 1.165) is 45.9 Å². The summed E-state index contributed by atoms with van der Waals surface area (Å²) in [6.07, 6.45) is 7.36. The molecule has 13 rings (SSSR count). The molecule has 5 atom stereocenters. The summed E-state index contributed by atoms with van der Waals surface area (Å²) in [5, 5.41) is 2.55. The van der Waals surface area contributed by atoms with E-state index in [9.17, 15) is 0 Å². The number of hydrogen-bond donors (Lipinski definition) is 0. The molecule has 0 saturated heterocycles. The largest absolute Gasteiger partial charge is 0.311 e. The molecule has 2 heteroatoms. The number of para-hydroxylation sites is 2. The molecule has 2 bridgehead atoms. The Bertz CT molecular complexity index is 3000. The number of rotatable bonds is 8. The van der Waals surface area contributed by atoms with Crippen LogP contribution >= 0.6 is 0 Å². The van der Waals surface area contributed by atoms with Gasteiger partial charge in [0, 0.05) is 33.5 Å². The van der Waals surface area contributed by atoms with Crippen LogP contribution in [-0.2, 0) is 5.41 Å². The number of aromatic nitrogens is 1. The zero-order valence-corrected chi connectivity index (χ0v) is 33.7. The van der Waals surface area contributed by atoms with Crippen molar-refractivity contribution in [3.63, 3.8) is 0 Å². The van der Waals surface area contributed by atoms with Crippen molar-refractivity contribution in [1.29, 1.82) is 0 Å². The first-order valence-electron chi connectivity index (χ1n) is 22.0. The molecule has 0 radical (unpaired) electrons. The molecule has 0 amide bonds. The van der Waals surface area contributed by atoms with Crippen LogP contribution < -0.4 is 4.90 Å². The Morgan fingerprint density at radius 3 is 1.37 bits per heavy atom. The van der Waals surface area contributed by atoms with Crippen LogP contribution in [0.1, 0.15) is 37.7 Å². The van der Waals surface area contributed by atoms with E-state index in [1.807, 2.05) is 0 Å². The van der Waals surface area contributed by atoms with Gasteiger partial charge in [0.05, 0.1) is 11.0 Å². The maximum absolute atomic E-state index is 2.48. The first-order chi connectivity index (χ1) is 29.6. The molecule has 9 aromatic rings. The number of nitrogens with zero attached hydrogens (tertiary/aromatic N) is 2. The topological polar surface area (TPSA) is 8.17 Å². The molecular weight excluding hydrogens is 725 g/mol. The Kier molecular flexibility index (Phi) is 7.38. The summed E-state index contributed by atoms with van der Waals surface area (Å²) in [4.78, 5) is 2.38. The van der Waals surface area contributed by atoms with Gasteiger partial charge in [0.2, 0.25) is 0 Å². The van der Waals surface area contributed by atoms with Crippen molar-refractivity contribution < 1.29 is 0 Å². The van der Waals surface area contributed by atoms with Crippen LogP contribution in [0.2, 0.25) is 0 Å². The molecule has 4 fully saturated rings. The minimum atomic E-state index is 0.449. The fraction of sp³-hybridized carbons (Fsp3) is 0.172. The van der Waals surface area contributed by atoms with Gasteiger partial charge in [0.1, 0.15) is 0 Å². The lowest BCUT2D eigenvalue weighted by atomic mass is 9.38. The summed E-state index contributed by atoms with van der Waals surface area (Å²) in [6.45, 7) is 0. The zero-order valence-electron chi connectivity index (χ0n) is 33.7. The van der Waals surface area contributed by atoms with E-state index in [4.69, 9.17) is 0 Å². The van der Waals surface area contributed by atoms with Crippen LogP contribution in [0.3, 0.4) is 0 Å². The maximum atomic E-state index is 2.48. The van der Waals surface area contributed by atoms with Crippen LogP contribution in [-0.4, -0.2) is 4.57 Å². The third-order valence-corrected chi connectivity index (χ3v) is 15.7. The van der Waals surface area contributed by atoms with Gasteiger partial charge in [0.25, 0.3) is 0 Å². The monoisotopic (exact) mass is 770 g/mol. The van der Waals surface area contributed by atoms with E-state index in [1.54, 1.807) is 5.56 Å². The number of anilines is 3. The fourth-order valence-electron chi connectivity index (χ4n) is 12.9. The van der Waals surface area contributed by atoms with E-state index in [1.165, 1.54) is 87.3 Å². The smallest absolute Gasteiger partial charge is 0.0541 e. The van der Waals surface area contributed by atoms with Gasteiger partial charge in [0.15, 0.2) is 0 Å². The van der Waals surface area contributed by atoms with Crippen LogP contribution in [0.25, 0.3) is 60.9 Å². The van der Waals surface area contributed by atoms with Crippen molar-refractivity contribution in [2.24, 2.45) is 23.2 Å². The molecule has 0 N–H and O–H groups in total. The standard InChI is InChI=1S/C58H46N2/c1-2-9-39(10-3-1)41-19-27-49(28-20-41)59(50-29-21-42(22-30-50)40-17-25-45(26-18-40)57-36-47-34-46-35-48(37-57)58(46,47)38-57)51-31-23-43(24-32-51)44-11-8-12-52(33-44)60-55-15-6-4-13-53(55)54-14-5-7-16-56(54)60/h1-33,46-48H,34-38H2/t46?,47-,48?,57?,58?/m0/s1. The first kappa shape index (κ1) is 34.2. The molecule has 4 saturated carbocycles. The van der Waals surface area contributed by atoms with Gasteiger partial charge >= 0.3 is 0 Å². The summed E-state index contributed by atoms with van der Waals surface area (Å²) in [5.41, 5.74) is 17.2. The molecular formula is C58H46N2. The van der Waals surface area contributed by atoms with Crippen molar-refractivity contribution in [3.05, 3.63) is 206 Å². The highest BCUT2D eigenvalue weighted by atomic mass is 15.1. The number of hydrogen-bond acceptors (Lipinski definition) is 1. The van der Waals surface area contributed by atoms with E-state index in [2.05, 4.69) is 210 Å². The molecule has 4 aliphatic rings. The predicted octanol–water partition coefficient (Wildman–Crippen LogP) is 15.3. The molecule has 4 unspecified atom stereocenters. The highest BCUT2D eigenvalue weighted by Crippen LogP contribution is 2.84. The fourth-order valence-corrected chi connectivity index (χ4v) is 12.9. The Morgan fingerprint density at radius 1 is 0.400 bits per heavy atom. The minimum absolute atomic E-state index is 0.449. The normalized spacial score (nSPS) is 23.3. The summed E-state index contributed by atoms with van der Waals surface area (Å²) in [6, 6.07) is 74.0. The third-order valence-electron chi connectivity index (χ3n) is 15.7. The van der Waals surface area contributed by atoms with Crippen LogP contribution in [0.4, 0.5) is 17.1 Å². The molecule has 4 aliphatic carbocycles. The van der Waals surface area contributed by atoms with Crippen molar-refractivity contribution in [3.8, 4) is 39.1 Å². The molecule has 0 aliphatic heterocycles. The third kappa shape index (κ3) is 5.00. The average molecular weight is 771 g/mol. The lowest BCUT2D eigenvalue weighted by molar-refractivity contribution is -0.175. The molecule has 8 aromatic carbocycles. The van der Waals surface area contributed by atoms with Crippen molar-refractivity contribution >= 4 is 38.9 Å². The highest BCUT2D eigenvalue weighted by molar-refractivity contribution is 6.09. The van der Waals surface area contributed by atoms with Gasteiger partial charge in [-0.15, -0.1) is 0 Å². The van der Waals surface area contributed by atoms with E-state index in [-0.39, 0.29) is 0 Å². The lowest BCUT2D eigenvalue weighted by Gasteiger charge is -2.66. The Hall–Kier alpha value is -6.64. The van der Waals surface area contributed by atoms with Crippen molar-refractivity contribution in [2.45, 2.75) is 37.5 Å². The predicted molar refractivity (Wildman–Crippen MR) is 249 cm³/mol. The maximum Gasteiger partial charge on any atom is 0.0541 e. The van der Waals surface area contributed by atoms with Crippen LogP contribution in [0.5, 0.6) is 0 Å². The van der Waals surface area contributed by atoms with Crippen LogP contribution in [0.15, 0.2) is 200 Å². The Balaban J connectivity index is 0.826. The Labute approximate surface area is 352 Å². The van der Waals surface area contributed by atoms with Gasteiger partial charge in [-0.1, -0.05) is 140 Å². The van der Waals surface area contributed by atoms with Gasteiger partial charge in [-0.25, -0.2) is 0 Å². The van der Waals surface area contributed by atoms with Gasteiger partial charge in [-0.3, -0.25) is 0 Å². The number of fused-ring (bicyclic) bond motifs is 4. The molecule has 1 aromatic heterocycles. The summed E-state index contributed by atoms with van der Waals surface area (Å²) < 4.78 is 2.39. The molecule has 1 heterocycles. The quantitative estimate of drug-likeness (QED) is 0.149. The Morgan fingerprint density at radius 2 is 0.850 bits per heavy atom. The molecule has 288 valence electrons. The summed E-state index contributed by atoms with van der Waals surface area (Å²) >= 11 is 0.